The highest BCUT2D eigenvalue weighted by molar-refractivity contribution is 6.01. The summed E-state index contributed by atoms with van der Waals surface area (Å²) < 4.78 is 5.32. The van der Waals surface area contributed by atoms with E-state index in [1.165, 1.54) is 0 Å². The van der Waals surface area contributed by atoms with Crippen molar-refractivity contribution in [2.45, 2.75) is 19.9 Å². The lowest BCUT2D eigenvalue weighted by Gasteiger charge is -2.17. The predicted molar refractivity (Wildman–Crippen MR) is 107 cm³/mol. The van der Waals surface area contributed by atoms with Gasteiger partial charge in [-0.15, -0.1) is 0 Å². The molecule has 1 unspecified atom stereocenters. The summed E-state index contributed by atoms with van der Waals surface area (Å²) in [7, 11) is 0. The van der Waals surface area contributed by atoms with Gasteiger partial charge >= 0.3 is 0 Å². The fourth-order valence-corrected chi connectivity index (χ4v) is 3.41. The number of amides is 1. The first-order chi connectivity index (χ1) is 13.1. The maximum absolute atomic E-state index is 13.0. The number of aryl methyl sites for hydroxylation is 1. The van der Waals surface area contributed by atoms with E-state index in [1.54, 1.807) is 6.92 Å². The molecule has 0 aliphatic carbocycles. The van der Waals surface area contributed by atoms with E-state index >= 15 is 0 Å². The number of nitrogens with one attached hydrogen (secondary N) is 1. The second-order valence-electron chi connectivity index (χ2n) is 6.59. The molecule has 0 spiro atoms. The molecule has 0 bridgehead atoms. The summed E-state index contributed by atoms with van der Waals surface area (Å²) in [5.74, 6) is 0.324. The highest BCUT2D eigenvalue weighted by atomic mass is 16.5. The number of aromatic nitrogens is 1. The summed E-state index contributed by atoms with van der Waals surface area (Å²) in [6.45, 7) is 3.75. The number of nitrogens with zero attached hydrogens (tertiary/aromatic N) is 1. The lowest BCUT2D eigenvalue weighted by Crippen LogP contribution is -2.27. The minimum atomic E-state index is -0.187. The highest BCUT2D eigenvalue weighted by Crippen LogP contribution is 2.27. The van der Waals surface area contributed by atoms with Crippen LogP contribution in [0.1, 0.15) is 34.6 Å². The van der Waals surface area contributed by atoms with Gasteiger partial charge in [0.1, 0.15) is 17.0 Å². The minimum absolute atomic E-state index is 0.151. The SMILES string of the molecule is Cc1onc(-c2ccccc2)c1C(=O)NC(C)c1cccc2ccccc12. The first kappa shape index (κ1) is 17.0. The normalized spacial score (nSPS) is 12.1. The molecule has 27 heavy (non-hydrogen) atoms. The first-order valence-electron chi connectivity index (χ1n) is 8.95. The number of hydrogen-bond donors (Lipinski definition) is 1. The molecule has 4 nitrogen and oxygen atoms in total. The van der Waals surface area contributed by atoms with Crippen LogP contribution >= 0.6 is 0 Å². The van der Waals surface area contributed by atoms with Gasteiger partial charge in [0.2, 0.25) is 0 Å². The minimum Gasteiger partial charge on any atom is -0.360 e. The van der Waals surface area contributed by atoms with Crippen LogP contribution in [0.2, 0.25) is 0 Å². The summed E-state index contributed by atoms with van der Waals surface area (Å²) in [5.41, 5.74) is 2.98. The second kappa shape index (κ2) is 7.08. The number of rotatable bonds is 4. The van der Waals surface area contributed by atoms with Crippen LogP contribution in [0.4, 0.5) is 0 Å². The Balaban J connectivity index is 1.66. The van der Waals surface area contributed by atoms with Gasteiger partial charge in [0.05, 0.1) is 6.04 Å². The molecule has 1 atom stereocenters. The van der Waals surface area contributed by atoms with Gasteiger partial charge in [-0.2, -0.15) is 0 Å². The smallest absolute Gasteiger partial charge is 0.257 e. The number of carbonyl (C=O) groups excluding carboxylic acids is 1. The lowest BCUT2D eigenvalue weighted by atomic mass is 9.99. The average molecular weight is 356 g/mol. The Morgan fingerprint density at radius 3 is 2.48 bits per heavy atom. The van der Waals surface area contributed by atoms with Gasteiger partial charge in [-0.25, -0.2) is 0 Å². The highest BCUT2D eigenvalue weighted by Gasteiger charge is 2.23. The van der Waals surface area contributed by atoms with Gasteiger partial charge in [0.15, 0.2) is 0 Å². The van der Waals surface area contributed by atoms with Gasteiger partial charge in [-0.3, -0.25) is 4.79 Å². The summed E-state index contributed by atoms with van der Waals surface area (Å²) >= 11 is 0. The van der Waals surface area contributed by atoms with Crippen LogP contribution < -0.4 is 5.32 Å². The summed E-state index contributed by atoms with van der Waals surface area (Å²) in [6, 6.07) is 23.8. The Morgan fingerprint density at radius 2 is 1.67 bits per heavy atom. The zero-order chi connectivity index (χ0) is 18.8. The second-order valence-corrected chi connectivity index (χ2v) is 6.59. The van der Waals surface area contributed by atoms with Crippen LogP contribution in [0, 0.1) is 6.92 Å². The van der Waals surface area contributed by atoms with Gasteiger partial charge in [-0.05, 0) is 30.2 Å². The van der Waals surface area contributed by atoms with Crippen LogP contribution in [0.15, 0.2) is 77.3 Å². The van der Waals surface area contributed by atoms with E-state index in [0.29, 0.717) is 17.0 Å². The maximum Gasteiger partial charge on any atom is 0.257 e. The van der Waals surface area contributed by atoms with E-state index in [-0.39, 0.29) is 11.9 Å². The Bertz CT molecular complexity index is 1090. The van der Waals surface area contributed by atoms with E-state index in [9.17, 15) is 4.79 Å². The Kier molecular flexibility index (Phi) is 4.47. The van der Waals surface area contributed by atoms with E-state index in [2.05, 4.69) is 28.7 Å². The fourth-order valence-electron chi connectivity index (χ4n) is 3.41. The van der Waals surface area contributed by atoms with Crippen LogP contribution in [0.3, 0.4) is 0 Å². The van der Waals surface area contributed by atoms with Gasteiger partial charge < -0.3 is 9.84 Å². The molecule has 0 saturated carbocycles. The van der Waals surface area contributed by atoms with Gasteiger partial charge in [0.25, 0.3) is 5.91 Å². The third-order valence-corrected chi connectivity index (χ3v) is 4.77. The molecule has 1 amide bonds. The van der Waals surface area contributed by atoms with Crippen molar-refractivity contribution in [3.8, 4) is 11.3 Å². The van der Waals surface area contributed by atoms with Crippen molar-refractivity contribution in [2.24, 2.45) is 0 Å². The molecular weight excluding hydrogens is 336 g/mol. The van der Waals surface area contributed by atoms with Crippen LogP contribution in [-0.2, 0) is 0 Å². The van der Waals surface area contributed by atoms with Crippen LogP contribution in [0.5, 0.6) is 0 Å². The largest absolute Gasteiger partial charge is 0.360 e. The number of fused-ring (bicyclic) bond motifs is 1. The molecule has 0 aliphatic rings. The number of benzene rings is 3. The van der Waals surface area contributed by atoms with E-state index in [4.69, 9.17) is 4.52 Å². The molecule has 1 N–H and O–H groups in total. The zero-order valence-corrected chi connectivity index (χ0v) is 15.3. The third kappa shape index (κ3) is 3.22. The predicted octanol–water partition coefficient (Wildman–Crippen LogP) is 5.29. The Hall–Kier alpha value is -3.40. The molecule has 4 aromatic rings. The average Bonchev–Trinajstić information content (AvgIpc) is 3.09. The topological polar surface area (TPSA) is 55.1 Å². The van der Waals surface area contributed by atoms with Crippen molar-refractivity contribution < 1.29 is 9.32 Å². The van der Waals surface area contributed by atoms with E-state index in [0.717, 1.165) is 21.9 Å². The molecule has 1 aromatic heterocycles. The summed E-state index contributed by atoms with van der Waals surface area (Å²) in [6.07, 6.45) is 0. The van der Waals surface area contributed by atoms with Crippen molar-refractivity contribution in [2.75, 3.05) is 0 Å². The fraction of sp³-hybridized carbons (Fsp3) is 0.130. The molecule has 0 radical (unpaired) electrons. The van der Waals surface area contributed by atoms with Gasteiger partial charge in [-0.1, -0.05) is 78.0 Å². The monoisotopic (exact) mass is 356 g/mol. The van der Waals surface area contributed by atoms with Crippen molar-refractivity contribution in [3.05, 3.63) is 89.7 Å². The van der Waals surface area contributed by atoms with Crippen molar-refractivity contribution in [1.82, 2.24) is 10.5 Å². The standard InChI is InChI=1S/C23H20N2O2/c1-15(19-14-8-12-17-9-6-7-13-20(17)19)24-23(26)21-16(2)27-25-22(21)18-10-4-3-5-11-18/h3-15H,1-2H3,(H,24,26). The zero-order valence-electron chi connectivity index (χ0n) is 15.3. The molecule has 134 valence electrons. The van der Waals surface area contributed by atoms with Crippen LogP contribution in [0.25, 0.3) is 22.0 Å². The number of hydrogen-bond acceptors (Lipinski definition) is 3. The van der Waals surface area contributed by atoms with E-state index in [1.807, 2.05) is 61.5 Å². The molecular formula is C23H20N2O2. The summed E-state index contributed by atoms with van der Waals surface area (Å²) in [4.78, 5) is 13.0. The van der Waals surface area contributed by atoms with Crippen molar-refractivity contribution in [3.63, 3.8) is 0 Å². The first-order valence-corrected chi connectivity index (χ1v) is 8.95. The van der Waals surface area contributed by atoms with Crippen LogP contribution in [-0.4, -0.2) is 11.1 Å². The molecule has 1 heterocycles. The van der Waals surface area contributed by atoms with Gasteiger partial charge in [0, 0.05) is 5.56 Å². The Labute approximate surface area is 157 Å². The molecule has 0 saturated heterocycles. The number of carbonyl (C=O) groups is 1. The maximum atomic E-state index is 13.0. The molecule has 3 aromatic carbocycles. The quantitative estimate of drug-likeness (QED) is 0.540. The molecule has 0 aliphatic heterocycles. The van der Waals surface area contributed by atoms with E-state index < -0.39 is 0 Å². The lowest BCUT2D eigenvalue weighted by molar-refractivity contribution is 0.0939. The summed E-state index contributed by atoms with van der Waals surface area (Å²) in [5, 5.41) is 9.50. The van der Waals surface area contributed by atoms with Crippen molar-refractivity contribution in [1.29, 1.82) is 0 Å². The molecule has 0 fully saturated rings. The molecule has 4 rings (SSSR count). The third-order valence-electron chi connectivity index (χ3n) is 4.77. The molecule has 4 heteroatoms. The van der Waals surface area contributed by atoms with Crippen molar-refractivity contribution >= 4 is 16.7 Å². The Morgan fingerprint density at radius 1 is 0.963 bits per heavy atom.